The number of aromatic nitrogens is 3. The highest BCUT2D eigenvalue weighted by molar-refractivity contribution is 6.05. The van der Waals surface area contributed by atoms with Gasteiger partial charge in [0, 0.05) is 23.1 Å². The number of carbonyl (C=O) groups excluding carboxylic acids is 1. The minimum atomic E-state index is -0.132. The molecule has 0 saturated heterocycles. The van der Waals surface area contributed by atoms with Crippen LogP contribution in [0.5, 0.6) is 5.75 Å². The molecule has 1 N–H and O–H groups in total. The van der Waals surface area contributed by atoms with Crippen LogP contribution in [0.1, 0.15) is 48.1 Å². The first kappa shape index (κ1) is 18.8. The van der Waals surface area contributed by atoms with Gasteiger partial charge in [0.2, 0.25) is 0 Å². The first-order chi connectivity index (χ1) is 13.0. The number of ether oxygens (including phenoxy) is 1. The fraction of sp³-hybridized carbons (Fsp3) is 0.333. The molecule has 142 valence electrons. The van der Waals surface area contributed by atoms with Crippen molar-refractivity contribution in [1.82, 2.24) is 14.3 Å². The second-order valence-corrected chi connectivity index (χ2v) is 6.69. The first-order valence-electron chi connectivity index (χ1n) is 9.14. The van der Waals surface area contributed by atoms with Gasteiger partial charge in [-0.3, -0.25) is 4.79 Å². The molecule has 0 fully saturated rings. The van der Waals surface area contributed by atoms with Gasteiger partial charge in [0.15, 0.2) is 0 Å². The van der Waals surface area contributed by atoms with Gasteiger partial charge in [0.25, 0.3) is 5.91 Å². The molecule has 0 saturated carbocycles. The minimum Gasteiger partial charge on any atom is -0.497 e. The number of anilines is 1. The molecule has 1 unspecified atom stereocenters. The summed E-state index contributed by atoms with van der Waals surface area (Å²) < 4.78 is 9.14. The molecule has 0 aliphatic rings. The molecule has 0 spiro atoms. The Morgan fingerprint density at radius 2 is 1.93 bits per heavy atom. The van der Waals surface area contributed by atoms with E-state index >= 15 is 0 Å². The van der Waals surface area contributed by atoms with Crippen molar-refractivity contribution in [2.24, 2.45) is 0 Å². The fourth-order valence-corrected chi connectivity index (χ4v) is 3.24. The number of hydrogen-bond donors (Lipinski definition) is 1. The predicted octanol–water partition coefficient (Wildman–Crippen LogP) is 4.52. The van der Waals surface area contributed by atoms with Gasteiger partial charge in [-0.2, -0.15) is 5.10 Å². The molecule has 0 radical (unpaired) electrons. The van der Waals surface area contributed by atoms with Crippen LogP contribution in [0.4, 0.5) is 5.82 Å². The molecule has 2 aromatic heterocycles. The van der Waals surface area contributed by atoms with E-state index in [9.17, 15) is 4.79 Å². The second-order valence-electron chi connectivity index (χ2n) is 6.69. The summed E-state index contributed by atoms with van der Waals surface area (Å²) in [6, 6.07) is 11.8. The van der Waals surface area contributed by atoms with Crippen molar-refractivity contribution in [3.8, 4) is 11.4 Å². The highest BCUT2D eigenvalue weighted by Gasteiger charge is 2.19. The van der Waals surface area contributed by atoms with Crippen LogP contribution >= 0.6 is 0 Å². The lowest BCUT2D eigenvalue weighted by molar-refractivity contribution is 0.102. The predicted molar refractivity (Wildman–Crippen MR) is 107 cm³/mol. The van der Waals surface area contributed by atoms with Gasteiger partial charge in [-0.1, -0.05) is 6.92 Å². The van der Waals surface area contributed by atoms with Crippen LogP contribution in [-0.2, 0) is 0 Å². The summed E-state index contributed by atoms with van der Waals surface area (Å²) in [5.74, 6) is 1.38. The Morgan fingerprint density at radius 1 is 1.22 bits per heavy atom. The van der Waals surface area contributed by atoms with E-state index in [2.05, 4.69) is 28.8 Å². The Kier molecular flexibility index (Phi) is 5.35. The molecule has 6 heteroatoms. The number of rotatable bonds is 6. The van der Waals surface area contributed by atoms with E-state index in [1.807, 2.05) is 54.9 Å². The number of hydrogen-bond acceptors (Lipinski definition) is 3. The smallest absolute Gasteiger partial charge is 0.258 e. The van der Waals surface area contributed by atoms with E-state index in [1.54, 1.807) is 13.3 Å². The zero-order valence-corrected chi connectivity index (χ0v) is 16.5. The third kappa shape index (κ3) is 3.60. The fourth-order valence-electron chi connectivity index (χ4n) is 3.24. The Bertz CT molecular complexity index is 938. The molecule has 1 atom stereocenters. The summed E-state index contributed by atoms with van der Waals surface area (Å²) >= 11 is 0. The number of methoxy groups -OCH3 is 1. The van der Waals surface area contributed by atoms with Gasteiger partial charge in [-0.05, 0) is 57.5 Å². The molecule has 1 amide bonds. The summed E-state index contributed by atoms with van der Waals surface area (Å²) in [4.78, 5) is 12.9. The second kappa shape index (κ2) is 7.70. The van der Waals surface area contributed by atoms with Crippen molar-refractivity contribution in [3.05, 3.63) is 59.5 Å². The van der Waals surface area contributed by atoms with Crippen molar-refractivity contribution >= 4 is 11.7 Å². The molecule has 3 aromatic rings. The topological polar surface area (TPSA) is 61.1 Å². The summed E-state index contributed by atoms with van der Waals surface area (Å²) in [5.41, 5.74) is 3.54. The number of carbonyl (C=O) groups is 1. The van der Waals surface area contributed by atoms with E-state index < -0.39 is 0 Å². The van der Waals surface area contributed by atoms with Gasteiger partial charge in [0.05, 0.1) is 24.9 Å². The molecular weight excluding hydrogens is 340 g/mol. The summed E-state index contributed by atoms with van der Waals surface area (Å²) in [6.45, 7) is 8.13. The van der Waals surface area contributed by atoms with Gasteiger partial charge < -0.3 is 14.6 Å². The van der Waals surface area contributed by atoms with Crippen LogP contribution in [0, 0.1) is 13.8 Å². The molecule has 2 heterocycles. The molecular formula is C21H26N4O2. The Morgan fingerprint density at radius 3 is 2.56 bits per heavy atom. The summed E-state index contributed by atoms with van der Waals surface area (Å²) in [7, 11) is 1.65. The minimum absolute atomic E-state index is 0.132. The summed E-state index contributed by atoms with van der Waals surface area (Å²) in [6.07, 6.45) is 2.65. The third-order valence-electron chi connectivity index (χ3n) is 4.93. The quantitative estimate of drug-likeness (QED) is 0.697. The monoisotopic (exact) mass is 366 g/mol. The van der Waals surface area contributed by atoms with E-state index in [0.717, 1.165) is 29.2 Å². The van der Waals surface area contributed by atoms with Crippen LogP contribution < -0.4 is 10.1 Å². The molecule has 0 bridgehead atoms. The molecule has 0 aliphatic carbocycles. The van der Waals surface area contributed by atoms with Crippen LogP contribution in [0.3, 0.4) is 0 Å². The van der Waals surface area contributed by atoms with Crippen molar-refractivity contribution in [3.63, 3.8) is 0 Å². The lowest BCUT2D eigenvalue weighted by Crippen LogP contribution is -2.18. The lowest BCUT2D eigenvalue weighted by atomic mass is 10.2. The maximum atomic E-state index is 12.9. The zero-order valence-electron chi connectivity index (χ0n) is 16.5. The van der Waals surface area contributed by atoms with Gasteiger partial charge in [-0.15, -0.1) is 0 Å². The number of aryl methyl sites for hydroxylation is 1. The van der Waals surface area contributed by atoms with Crippen LogP contribution in [0.25, 0.3) is 5.69 Å². The average molecular weight is 366 g/mol. The number of benzene rings is 1. The zero-order chi connectivity index (χ0) is 19.6. The maximum Gasteiger partial charge on any atom is 0.258 e. The van der Waals surface area contributed by atoms with Crippen molar-refractivity contribution in [1.29, 1.82) is 0 Å². The van der Waals surface area contributed by atoms with Crippen LogP contribution in [-0.4, -0.2) is 27.4 Å². The largest absolute Gasteiger partial charge is 0.497 e. The average Bonchev–Trinajstić information content (AvgIpc) is 3.25. The number of nitrogens with one attached hydrogen (secondary N) is 1. The third-order valence-corrected chi connectivity index (χ3v) is 4.93. The summed E-state index contributed by atoms with van der Waals surface area (Å²) in [5, 5.41) is 7.33. The standard InChI is InChI=1S/C21H26N4O2/c1-6-14(2)25-20(11-12-22-25)23-21(26)19-13-15(3)24(16(19)4)17-7-9-18(27-5)10-8-17/h7-14H,6H2,1-5H3,(H,23,26). The van der Waals surface area contributed by atoms with Crippen molar-refractivity contribution < 1.29 is 9.53 Å². The van der Waals surface area contributed by atoms with Gasteiger partial charge in [0.1, 0.15) is 11.6 Å². The van der Waals surface area contributed by atoms with Crippen LogP contribution in [0.15, 0.2) is 42.6 Å². The molecule has 3 rings (SSSR count). The lowest BCUT2D eigenvalue weighted by Gasteiger charge is -2.14. The maximum absolute atomic E-state index is 12.9. The molecule has 6 nitrogen and oxygen atoms in total. The highest BCUT2D eigenvalue weighted by Crippen LogP contribution is 2.24. The Hall–Kier alpha value is -3.02. The van der Waals surface area contributed by atoms with E-state index in [-0.39, 0.29) is 11.9 Å². The number of amides is 1. The van der Waals surface area contributed by atoms with Gasteiger partial charge >= 0.3 is 0 Å². The van der Waals surface area contributed by atoms with Gasteiger partial charge in [-0.25, -0.2) is 4.68 Å². The van der Waals surface area contributed by atoms with E-state index in [1.165, 1.54) is 0 Å². The normalized spacial score (nSPS) is 12.0. The Balaban J connectivity index is 1.89. The first-order valence-corrected chi connectivity index (χ1v) is 9.14. The van der Waals surface area contributed by atoms with E-state index in [4.69, 9.17) is 4.74 Å². The molecule has 1 aromatic carbocycles. The SMILES string of the molecule is CCC(C)n1nccc1NC(=O)c1cc(C)n(-c2ccc(OC)cc2)c1C. The van der Waals surface area contributed by atoms with Crippen molar-refractivity contribution in [2.75, 3.05) is 12.4 Å². The number of nitrogens with zero attached hydrogens (tertiary/aromatic N) is 3. The van der Waals surface area contributed by atoms with Crippen molar-refractivity contribution in [2.45, 2.75) is 40.2 Å². The van der Waals surface area contributed by atoms with Crippen LogP contribution in [0.2, 0.25) is 0 Å². The molecule has 27 heavy (non-hydrogen) atoms. The highest BCUT2D eigenvalue weighted by atomic mass is 16.5. The van der Waals surface area contributed by atoms with E-state index in [0.29, 0.717) is 11.4 Å². The Labute approximate surface area is 159 Å². The molecule has 0 aliphatic heterocycles.